The molecule has 0 bridgehead atoms. The number of aliphatic hydroxyl groups excluding tert-OH is 1. The molecule has 0 saturated carbocycles. The molecule has 1 saturated heterocycles. The predicted octanol–water partition coefficient (Wildman–Crippen LogP) is 2.37. The summed E-state index contributed by atoms with van der Waals surface area (Å²) in [7, 11) is 0. The SMILES string of the molecule is OC[C@H]1CCCN1CCSc1ccccc1F. The van der Waals surface area contributed by atoms with Crippen LogP contribution in [0, 0.1) is 5.82 Å². The van der Waals surface area contributed by atoms with Crippen LogP contribution in [0.3, 0.4) is 0 Å². The number of hydrogen-bond acceptors (Lipinski definition) is 3. The van der Waals surface area contributed by atoms with Gasteiger partial charge in [-0.1, -0.05) is 12.1 Å². The van der Waals surface area contributed by atoms with Gasteiger partial charge in [-0.15, -0.1) is 11.8 Å². The molecule has 17 heavy (non-hydrogen) atoms. The summed E-state index contributed by atoms with van der Waals surface area (Å²) in [5.74, 6) is 0.731. The topological polar surface area (TPSA) is 23.5 Å². The van der Waals surface area contributed by atoms with E-state index in [1.807, 2.05) is 12.1 Å². The molecule has 1 aliphatic heterocycles. The Morgan fingerprint density at radius 3 is 3.00 bits per heavy atom. The van der Waals surface area contributed by atoms with Crippen molar-refractivity contribution in [3.8, 4) is 0 Å². The minimum atomic E-state index is -0.141. The van der Waals surface area contributed by atoms with Gasteiger partial charge in [-0.05, 0) is 31.5 Å². The number of aliphatic hydroxyl groups is 1. The van der Waals surface area contributed by atoms with Crippen molar-refractivity contribution in [1.29, 1.82) is 0 Å². The number of hydrogen-bond donors (Lipinski definition) is 1. The van der Waals surface area contributed by atoms with Crippen LogP contribution in [0.2, 0.25) is 0 Å². The van der Waals surface area contributed by atoms with Crippen LogP contribution in [0.15, 0.2) is 29.2 Å². The average Bonchev–Trinajstić information content (AvgIpc) is 2.79. The average molecular weight is 255 g/mol. The zero-order valence-corrected chi connectivity index (χ0v) is 10.6. The normalized spacial score (nSPS) is 20.9. The quantitative estimate of drug-likeness (QED) is 0.817. The zero-order valence-electron chi connectivity index (χ0n) is 9.81. The maximum atomic E-state index is 13.4. The third kappa shape index (κ3) is 3.44. The molecular formula is C13H18FNOS. The van der Waals surface area contributed by atoms with Crippen LogP contribution < -0.4 is 0 Å². The van der Waals surface area contributed by atoms with E-state index in [1.54, 1.807) is 17.8 Å². The Labute approximate surface area is 106 Å². The van der Waals surface area contributed by atoms with E-state index in [0.29, 0.717) is 10.9 Å². The molecule has 0 unspecified atom stereocenters. The first kappa shape index (κ1) is 12.9. The zero-order chi connectivity index (χ0) is 12.1. The number of benzene rings is 1. The smallest absolute Gasteiger partial charge is 0.136 e. The fourth-order valence-corrected chi connectivity index (χ4v) is 3.16. The summed E-state index contributed by atoms with van der Waals surface area (Å²) in [6.07, 6.45) is 2.25. The minimum absolute atomic E-state index is 0.141. The second-order valence-electron chi connectivity index (χ2n) is 4.29. The molecule has 0 aliphatic carbocycles. The number of likely N-dealkylation sites (tertiary alicyclic amines) is 1. The van der Waals surface area contributed by atoms with Gasteiger partial charge in [0.25, 0.3) is 0 Å². The van der Waals surface area contributed by atoms with Gasteiger partial charge in [0, 0.05) is 23.2 Å². The molecule has 1 N–H and O–H groups in total. The molecule has 1 aromatic rings. The molecular weight excluding hydrogens is 237 g/mol. The van der Waals surface area contributed by atoms with E-state index in [1.165, 1.54) is 6.07 Å². The van der Waals surface area contributed by atoms with E-state index < -0.39 is 0 Å². The molecule has 2 nitrogen and oxygen atoms in total. The van der Waals surface area contributed by atoms with E-state index in [-0.39, 0.29) is 12.4 Å². The Balaban J connectivity index is 1.78. The van der Waals surface area contributed by atoms with Crippen LogP contribution in [0.1, 0.15) is 12.8 Å². The highest BCUT2D eigenvalue weighted by Crippen LogP contribution is 2.23. The molecule has 4 heteroatoms. The maximum Gasteiger partial charge on any atom is 0.136 e. The van der Waals surface area contributed by atoms with E-state index >= 15 is 0 Å². The molecule has 0 aromatic heterocycles. The molecule has 0 spiro atoms. The summed E-state index contributed by atoms with van der Waals surface area (Å²) >= 11 is 1.55. The van der Waals surface area contributed by atoms with Crippen LogP contribution in [0.25, 0.3) is 0 Å². The van der Waals surface area contributed by atoms with E-state index in [0.717, 1.165) is 31.7 Å². The summed E-state index contributed by atoms with van der Waals surface area (Å²) in [5, 5.41) is 9.19. The Hall–Kier alpha value is -0.580. The van der Waals surface area contributed by atoms with Crippen LogP contribution in [0.4, 0.5) is 4.39 Å². The van der Waals surface area contributed by atoms with Crippen molar-refractivity contribution in [2.45, 2.75) is 23.8 Å². The highest BCUT2D eigenvalue weighted by Gasteiger charge is 2.22. The largest absolute Gasteiger partial charge is 0.395 e. The van der Waals surface area contributed by atoms with Gasteiger partial charge in [0.05, 0.1) is 6.61 Å². The van der Waals surface area contributed by atoms with Crippen LogP contribution >= 0.6 is 11.8 Å². The lowest BCUT2D eigenvalue weighted by Gasteiger charge is -2.22. The highest BCUT2D eigenvalue weighted by molar-refractivity contribution is 7.99. The van der Waals surface area contributed by atoms with Crippen molar-refractivity contribution in [3.63, 3.8) is 0 Å². The standard InChI is InChI=1S/C13H18FNOS/c14-12-5-1-2-6-13(12)17-9-8-15-7-3-4-11(15)10-16/h1-2,5-6,11,16H,3-4,7-10H2/t11-/m1/s1. The Morgan fingerprint density at radius 2 is 2.24 bits per heavy atom. The van der Waals surface area contributed by atoms with Crippen molar-refractivity contribution in [2.75, 3.05) is 25.4 Å². The van der Waals surface area contributed by atoms with Gasteiger partial charge in [0.2, 0.25) is 0 Å². The van der Waals surface area contributed by atoms with Gasteiger partial charge >= 0.3 is 0 Å². The maximum absolute atomic E-state index is 13.4. The monoisotopic (exact) mass is 255 g/mol. The number of halogens is 1. The molecule has 94 valence electrons. The van der Waals surface area contributed by atoms with Crippen molar-refractivity contribution in [1.82, 2.24) is 4.90 Å². The Kier molecular flexibility index (Phi) is 4.83. The number of rotatable bonds is 5. The van der Waals surface area contributed by atoms with E-state index in [9.17, 15) is 9.50 Å². The summed E-state index contributed by atoms with van der Waals surface area (Å²) in [5.41, 5.74) is 0. The van der Waals surface area contributed by atoms with Gasteiger partial charge in [-0.25, -0.2) is 4.39 Å². The minimum Gasteiger partial charge on any atom is -0.395 e. The molecule has 0 amide bonds. The number of nitrogens with zero attached hydrogens (tertiary/aromatic N) is 1. The van der Waals surface area contributed by atoms with Crippen molar-refractivity contribution >= 4 is 11.8 Å². The third-order valence-electron chi connectivity index (χ3n) is 3.18. The first-order valence-corrected chi connectivity index (χ1v) is 7.02. The lowest BCUT2D eigenvalue weighted by molar-refractivity contribution is 0.165. The Morgan fingerprint density at radius 1 is 1.41 bits per heavy atom. The van der Waals surface area contributed by atoms with Gasteiger partial charge in [0.1, 0.15) is 5.82 Å². The molecule has 1 fully saturated rings. The fourth-order valence-electron chi connectivity index (χ4n) is 2.23. The molecule has 1 heterocycles. The second kappa shape index (κ2) is 6.38. The van der Waals surface area contributed by atoms with E-state index in [2.05, 4.69) is 4.90 Å². The van der Waals surface area contributed by atoms with Gasteiger partial charge < -0.3 is 5.11 Å². The Bertz CT molecular complexity index is 361. The van der Waals surface area contributed by atoms with Crippen molar-refractivity contribution in [2.24, 2.45) is 0 Å². The van der Waals surface area contributed by atoms with Crippen molar-refractivity contribution < 1.29 is 9.50 Å². The third-order valence-corrected chi connectivity index (χ3v) is 4.21. The summed E-state index contributed by atoms with van der Waals surface area (Å²) in [4.78, 5) is 3.01. The lowest BCUT2D eigenvalue weighted by Crippen LogP contribution is -2.33. The van der Waals surface area contributed by atoms with Crippen LogP contribution in [0.5, 0.6) is 0 Å². The predicted molar refractivity (Wildman–Crippen MR) is 68.8 cm³/mol. The molecule has 2 rings (SSSR count). The van der Waals surface area contributed by atoms with Gasteiger partial charge in [0.15, 0.2) is 0 Å². The summed E-state index contributed by atoms with van der Waals surface area (Å²) in [6.45, 7) is 2.22. The fraction of sp³-hybridized carbons (Fsp3) is 0.538. The first-order chi connectivity index (χ1) is 8.31. The van der Waals surface area contributed by atoms with Crippen LogP contribution in [-0.2, 0) is 0 Å². The van der Waals surface area contributed by atoms with Crippen LogP contribution in [-0.4, -0.2) is 41.5 Å². The molecule has 1 aliphatic rings. The summed E-state index contributed by atoms with van der Waals surface area (Å²) in [6, 6.07) is 7.19. The van der Waals surface area contributed by atoms with E-state index in [4.69, 9.17) is 0 Å². The van der Waals surface area contributed by atoms with Crippen molar-refractivity contribution in [3.05, 3.63) is 30.1 Å². The first-order valence-electron chi connectivity index (χ1n) is 6.03. The molecule has 0 radical (unpaired) electrons. The van der Waals surface area contributed by atoms with Gasteiger partial charge in [-0.3, -0.25) is 4.90 Å². The molecule has 1 atom stereocenters. The molecule has 1 aromatic carbocycles. The second-order valence-corrected chi connectivity index (χ2v) is 5.43. The van der Waals surface area contributed by atoms with Gasteiger partial charge in [-0.2, -0.15) is 0 Å². The lowest BCUT2D eigenvalue weighted by atomic mass is 10.2. The highest BCUT2D eigenvalue weighted by atomic mass is 32.2. The number of thioether (sulfide) groups is 1. The summed E-state index contributed by atoms with van der Waals surface area (Å²) < 4.78 is 13.4.